The second kappa shape index (κ2) is 9.89. The van der Waals surface area contributed by atoms with Crippen LogP contribution in [0.15, 0.2) is 71.3 Å². The average Bonchev–Trinajstić information content (AvgIpc) is 3.28. The molecule has 4 N–H and O–H groups in total. The van der Waals surface area contributed by atoms with Crippen LogP contribution >= 0.6 is 0 Å². The molecule has 2 amide bonds. The van der Waals surface area contributed by atoms with E-state index in [1.54, 1.807) is 6.26 Å². The Balaban J connectivity index is 1.59. The van der Waals surface area contributed by atoms with Gasteiger partial charge in [-0.25, -0.2) is 0 Å². The van der Waals surface area contributed by atoms with Crippen molar-refractivity contribution in [2.75, 3.05) is 11.9 Å². The van der Waals surface area contributed by atoms with E-state index in [2.05, 4.69) is 10.6 Å². The zero-order chi connectivity index (χ0) is 21.5. The van der Waals surface area contributed by atoms with Gasteiger partial charge in [-0.15, -0.1) is 0 Å². The molecule has 6 heteroatoms. The van der Waals surface area contributed by atoms with E-state index >= 15 is 0 Å². The minimum Gasteiger partial charge on any atom is -0.463 e. The van der Waals surface area contributed by atoms with Crippen LogP contribution in [-0.4, -0.2) is 24.4 Å². The van der Waals surface area contributed by atoms with Gasteiger partial charge in [-0.05, 0) is 44.0 Å². The summed E-state index contributed by atoms with van der Waals surface area (Å²) >= 11 is 0. The number of benzene rings is 2. The van der Waals surface area contributed by atoms with Crippen molar-refractivity contribution < 1.29 is 19.3 Å². The van der Waals surface area contributed by atoms with Crippen molar-refractivity contribution in [3.8, 4) is 0 Å². The number of nitrogens with two attached hydrogens (primary N) is 1. The summed E-state index contributed by atoms with van der Waals surface area (Å²) in [6, 6.07) is 18.9. The number of hydrogen-bond acceptors (Lipinski definition) is 3. The second-order valence-corrected chi connectivity index (χ2v) is 7.42. The summed E-state index contributed by atoms with van der Waals surface area (Å²) < 4.78 is 5.59. The Bertz CT molecular complexity index is 964. The zero-order valence-corrected chi connectivity index (χ0v) is 17.5. The molecule has 6 nitrogen and oxygen atoms in total. The number of nitrogens with one attached hydrogen (secondary N) is 2. The third-order valence-electron chi connectivity index (χ3n) is 5.07. The van der Waals surface area contributed by atoms with E-state index in [0.717, 1.165) is 28.1 Å². The average molecular weight is 407 g/mol. The molecule has 0 saturated carbocycles. The third kappa shape index (κ3) is 5.36. The number of anilines is 1. The lowest BCUT2D eigenvalue weighted by molar-refractivity contribution is -0.706. The van der Waals surface area contributed by atoms with Crippen LogP contribution < -0.4 is 16.0 Å². The molecule has 1 heterocycles. The van der Waals surface area contributed by atoms with Gasteiger partial charge >= 0.3 is 0 Å². The highest BCUT2D eigenvalue weighted by Gasteiger charge is 2.26. The summed E-state index contributed by atoms with van der Waals surface area (Å²) in [6.07, 6.45) is 1.63. The van der Waals surface area contributed by atoms with Gasteiger partial charge < -0.3 is 20.4 Å². The molecule has 2 aromatic carbocycles. The molecule has 156 valence electrons. The number of amides is 2. The maximum atomic E-state index is 12.6. The van der Waals surface area contributed by atoms with Crippen LogP contribution in [-0.2, 0) is 9.59 Å². The lowest BCUT2D eigenvalue weighted by Gasteiger charge is -2.19. The molecule has 1 aromatic heterocycles. The topological polar surface area (TPSA) is 88.0 Å². The lowest BCUT2D eigenvalue weighted by Crippen LogP contribution is -2.92. The van der Waals surface area contributed by atoms with Crippen molar-refractivity contribution >= 4 is 17.5 Å². The standard InChI is InChI=1S/C24H27N3O3/c1-16-9-7-10-17(2)22(16)27-21(28)15-25-24(29)18(3)26-23(20-13-8-14-30-20)19-11-5-4-6-12-19/h4-14,18,23,26H,15H2,1-3H3,(H,25,29)(H,27,28)/p+1/t18-,23+/m1/s1. The maximum Gasteiger partial charge on any atom is 0.278 e. The smallest absolute Gasteiger partial charge is 0.278 e. The van der Waals surface area contributed by atoms with Gasteiger partial charge in [-0.1, -0.05) is 48.5 Å². The number of furan rings is 1. The molecular weight excluding hydrogens is 378 g/mol. The number of rotatable bonds is 8. The van der Waals surface area contributed by atoms with Crippen LogP contribution in [0, 0.1) is 13.8 Å². The van der Waals surface area contributed by atoms with Gasteiger partial charge in [0.1, 0.15) is 0 Å². The highest BCUT2D eigenvalue weighted by atomic mass is 16.3. The SMILES string of the molecule is Cc1cccc(C)c1NC(=O)CNC(=O)[C@@H](C)[NH2+][C@@H](c1ccccc1)c1ccco1. The van der Waals surface area contributed by atoms with Gasteiger partial charge in [0, 0.05) is 11.3 Å². The first-order chi connectivity index (χ1) is 14.5. The van der Waals surface area contributed by atoms with Crippen molar-refractivity contribution in [3.05, 3.63) is 89.4 Å². The van der Waals surface area contributed by atoms with E-state index in [9.17, 15) is 9.59 Å². The molecule has 0 aliphatic rings. The van der Waals surface area contributed by atoms with Gasteiger partial charge in [0.15, 0.2) is 17.8 Å². The quantitative estimate of drug-likeness (QED) is 0.537. The van der Waals surface area contributed by atoms with E-state index < -0.39 is 6.04 Å². The molecule has 2 atom stereocenters. The predicted molar refractivity (Wildman–Crippen MR) is 116 cm³/mol. The Morgan fingerprint density at radius 3 is 2.30 bits per heavy atom. The van der Waals surface area contributed by atoms with Gasteiger partial charge in [0.05, 0.1) is 12.8 Å². The Morgan fingerprint density at radius 2 is 1.67 bits per heavy atom. The summed E-state index contributed by atoms with van der Waals surface area (Å²) in [5.41, 5.74) is 3.80. The van der Waals surface area contributed by atoms with Crippen molar-refractivity contribution in [1.82, 2.24) is 5.32 Å². The molecule has 0 radical (unpaired) electrons. The Hall–Kier alpha value is -3.38. The van der Waals surface area contributed by atoms with E-state index in [1.807, 2.05) is 86.8 Å². The van der Waals surface area contributed by atoms with Crippen LogP contribution in [0.5, 0.6) is 0 Å². The Kier molecular flexibility index (Phi) is 7.03. The summed E-state index contributed by atoms with van der Waals surface area (Å²) in [5.74, 6) is 0.311. The number of carbonyl (C=O) groups is 2. The largest absolute Gasteiger partial charge is 0.463 e. The highest BCUT2D eigenvalue weighted by Crippen LogP contribution is 2.19. The summed E-state index contributed by atoms with van der Waals surface area (Å²) in [4.78, 5) is 24.9. The molecular formula is C24H28N3O3+. The molecule has 3 aromatic rings. The molecule has 0 fully saturated rings. The van der Waals surface area contributed by atoms with Crippen LogP contribution in [0.4, 0.5) is 5.69 Å². The van der Waals surface area contributed by atoms with E-state index in [-0.39, 0.29) is 24.4 Å². The van der Waals surface area contributed by atoms with Crippen molar-refractivity contribution in [2.45, 2.75) is 32.9 Å². The molecule has 30 heavy (non-hydrogen) atoms. The monoisotopic (exact) mass is 406 g/mol. The van der Waals surface area contributed by atoms with Crippen LogP contribution in [0.1, 0.15) is 35.4 Å². The summed E-state index contributed by atoms with van der Waals surface area (Å²) in [6.45, 7) is 5.62. The third-order valence-corrected chi connectivity index (χ3v) is 5.07. The van der Waals surface area contributed by atoms with E-state index in [4.69, 9.17) is 4.42 Å². The van der Waals surface area contributed by atoms with Crippen molar-refractivity contribution in [3.63, 3.8) is 0 Å². The molecule has 0 aliphatic heterocycles. The number of aryl methyl sites for hydroxylation is 2. The molecule has 0 aliphatic carbocycles. The number of carbonyl (C=O) groups excluding carboxylic acids is 2. The molecule has 3 rings (SSSR count). The minimum absolute atomic E-state index is 0.0818. The second-order valence-electron chi connectivity index (χ2n) is 7.42. The first kappa shape index (κ1) is 21.3. The number of hydrogen-bond donors (Lipinski definition) is 3. The first-order valence-corrected chi connectivity index (χ1v) is 10.0. The molecule has 0 bridgehead atoms. The van der Waals surface area contributed by atoms with Gasteiger partial charge in [-0.2, -0.15) is 0 Å². The van der Waals surface area contributed by atoms with E-state index in [0.29, 0.717) is 0 Å². The molecule has 0 spiro atoms. The number of para-hydroxylation sites is 1. The van der Waals surface area contributed by atoms with Crippen LogP contribution in [0.25, 0.3) is 0 Å². The molecule has 0 saturated heterocycles. The fraction of sp³-hybridized carbons (Fsp3) is 0.250. The Labute approximate surface area is 176 Å². The predicted octanol–water partition coefficient (Wildman–Crippen LogP) is 2.69. The van der Waals surface area contributed by atoms with Crippen LogP contribution in [0.2, 0.25) is 0 Å². The fourth-order valence-electron chi connectivity index (χ4n) is 3.40. The van der Waals surface area contributed by atoms with Gasteiger partial charge in [0.2, 0.25) is 5.91 Å². The van der Waals surface area contributed by atoms with Crippen molar-refractivity contribution in [1.29, 1.82) is 0 Å². The first-order valence-electron chi connectivity index (χ1n) is 10.0. The normalized spacial score (nSPS) is 12.8. The summed E-state index contributed by atoms with van der Waals surface area (Å²) in [5, 5.41) is 7.55. The van der Waals surface area contributed by atoms with Gasteiger partial charge in [0.25, 0.3) is 5.91 Å². The number of quaternary nitrogens is 1. The minimum atomic E-state index is -0.409. The maximum absolute atomic E-state index is 12.6. The van der Waals surface area contributed by atoms with Crippen LogP contribution in [0.3, 0.4) is 0 Å². The van der Waals surface area contributed by atoms with E-state index in [1.165, 1.54) is 0 Å². The lowest BCUT2D eigenvalue weighted by atomic mass is 10.0. The highest BCUT2D eigenvalue weighted by molar-refractivity contribution is 5.96. The van der Waals surface area contributed by atoms with Gasteiger partial charge in [-0.3, -0.25) is 9.59 Å². The summed E-state index contributed by atoms with van der Waals surface area (Å²) in [7, 11) is 0. The van der Waals surface area contributed by atoms with Crippen molar-refractivity contribution in [2.24, 2.45) is 0 Å². The molecule has 0 unspecified atom stereocenters. The fourth-order valence-corrected chi connectivity index (χ4v) is 3.40. The zero-order valence-electron chi connectivity index (χ0n) is 17.5. The Morgan fingerprint density at radius 1 is 0.967 bits per heavy atom.